The lowest BCUT2D eigenvalue weighted by molar-refractivity contribution is -0.126. The zero-order chi connectivity index (χ0) is 13.4. The number of halogens is 1. The van der Waals surface area contributed by atoms with Crippen LogP contribution in [0.3, 0.4) is 0 Å². The molecule has 5 heteroatoms. The molecule has 1 aliphatic heterocycles. The van der Waals surface area contributed by atoms with Gasteiger partial charge < -0.3 is 10.2 Å². The van der Waals surface area contributed by atoms with Crippen LogP contribution in [0.4, 0.5) is 10.1 Å². The van der Waals surface area contributed by atoms with E-state index < -0.39 is 5.82 Å². The number of para-hydroxylation sites is 1. The Hall–Kier alpha value is -1.91. The van der Waals surface area contributed by atoms with Gasteiger partial charge in [-0.2, -0.15) is 0 Å². The van der Waals surface area contributed by atoms with E-state index in [-0.39, 0.29) is 42.4 Å². The lowest BCUT2D eigenvalue weighted by Gasteiger charge is -2.17. The van der Waals surface area contributed by atoms with Crippen molar-refractivity contribution in [2.75, 3.05) is 11.4 Å². The third kappa shape index (κ3) is 2.45. The summed E-state index contributed by atoms with van der Waals surface area (Å²) in [5.41, 5.74) is 0.259. The normalized spacial score (nSPS) is 22.7. The van der Waals surface area contributed by atoms with Crippen molar-refractivity contribution in [2.24, 2.45) is 5.92 Å². The lowest BCUT2D eigenvalue weighted by atomic mass is 10.1. The van der Waals surface area contributed by atoms with Crippen molar-refractivity contribution in [1.82, 2.24) is 5.32 Å². The summed E-state index contributed by atoms with van der Waals surface area (Å²) in [6, 6.07) is 6.43. The maximum atomic E-state index is 13.7. The largest absolute Gasteiger partial charge is 0.353 e. The minimum absolute atomic E-state index is 0.0883. The lowest BCUT2D eigenvalue weighted by Crippen LogP contribution is -2.34. The highest BCUT2D eigenvalue weighted by molar-refractivity contribution is 6.00. The van der Waals surface area contributed by atoms with E-state index in [4.69, 9.17) is 0 Å². The summed E-state index contributed by atoms with van der Waals surface area (Å²) in [4.78, 5) is 25.2. The van der Waals surface area contributed by atoms with Crippen molar-refractivity contribution < 1.29 is 14.0 Å². The number of hydrogen-bond acceptors (Lipinski definition) is 2. The number of hydrogen-bond donors (Lipinski definition) is 1. The Morgan fingerprint density at radius 3 is 2.74 bits per heavy atom. The predicted molar refractivity (Wildman–Crippen MR) is 68.0 cm³/mol. The topological polar surface area (TPSA) is 49.4 Å². The van der Waals surface area contributed by atoms with E-state index >= 15 is 0 Å². The van der Waals surface area contributed by atoms with Crippen LogP contribution in [0.5, 0.6) is 0 Å². The van der Waals surface area contributed by atoms with Crippen LogP contribution in [0.25, 0.3) is 0 Å². The highest BCUT2D eigenvalue weighted by Crippen LogP contribution is 2.28. The summed E-state index contributed by atoms with van der Waals surface area (Å²) in [7, 11) is 0. The summed E-state index contributed by atoms with van der Waals surface area (Å²) in [6.07, 6.45) is 2.19. The number of nitrogens with zero attached hydrogens (tertiary/aromatic N) is 1. The SMILES string of the molecule is O=C(NC1CC1)[C@@H]1CC(=O)N(c2ccccc2F)C1. The molecular formula is C14H15FN2O2. The maximum Gasteiger partial charge on any atom is 0.227 e. The molecule has 1 saturated carbocycles. The zero-order valence-corrected chi connectivity index (χ0v) is 10.4. The number of nitrogens with one attached hydrogen (secondary N) is 1. The van der Waals surface area contributed by atoms with Crippen LogP contribution >= 0.6 is 0 Å². The van der Waals surface area contributed by atoms with E-state index in [1.54, 1.807) is 18.2 Å². The highest BCUT2D eigenvalue weighted by Gasteiger charge is 2.37. The summed E-state index contributed by atoms with van der Waals surface area (Å²) in [6.45, 7) is 0.262. The number of carbonyl (C=O) groups excluding carboxylic acids is 2. The van der Waals surface area contributed by atoms with E-state index in [9.17, 15) is 14.0 Å². The monoisotopic (exact) mass is 262 g/mol. The molecule has 1 heterocycles. The second-order valence-electron chi connectivity index (χ2n) is 5.14. The first kappa shape index (κ1) is 12.1. The fourth-order valence-electron chi connectivity index (χ4n) is 2.33. The molecule has 0 unspecified atom stereocenters. The molecular weight excluding hydrogens is 247 g/mol. The van der Waals surface area contributed by atoms with Gasteiger partial charge in [0.15, 0.2) is 0 Å². The third-order valence-corrected chi connectivity index (χ3v) is 3.56. The molecule has 1 N–H and O–H groups in total. The van der Waals surface area contributed by atoms with Crippen LogP contribution < -0.4 is 10.2 Å². The number of anilines is 1. The first-order valence-corrected chi connectivity index (χ1v) is 6.50. The first-order valence-electron chi connectivity index (χ1n) is 6.50. The smallest absolute Gasteiger partial charge is 0.227 e. The Kier molecular flexibility index (Phi) is 2.97. The number of rotatable bonds is 3. The Balaban J connectivity index is 1.72. The molecule has 1 aliphatic carbocycles. The average Bonchev–Trinajstić information content (AvgIpc) is 3.11. The zero-order valence-electron chi connectivity index (χ0n) is 10.4. The molecule has 3 rings (SSSR count). The van der Waals surface area contributed by atoms with Gasteiger partial charge in [0.2, 0.25) is 11.8 Å². The second-order valence-corrected chi connectivity index (χ2v) is 5.14. The fraction of sp³-hybridized carbons (Fsp3) is 0.429. The quantitative estimate of drug-likeness (QED) is 0.896. The van der Waals surface area contributed by atoms with Gasteiger partial charge in [-0.3, -0.25) is 9.59 Å². The predicted octanol–water partition coefficient (Wildman–Crippen LogP) is 1.46. The van der Waals surface area contributed by atoms with E-state index in [0.717, 1.165) is 12.8 Å². The first-order chi connectivity index (χ1) is 9.15. The van der Waals surface area contributed by atoms with Crippen LogP contribution in [-0.2, 0) is 9.59 Å². The fourth-order valence-corrected chi connectivity index (χ4v) is 2.33. The van der Waals surface area contributed by atoms with Gasteiger partial charge in [-0.25, -0.2) is 4.39 Å². The van der Waals surface area contributed by atoms with Crippen molar-refractivity contribution in [3.8, 4) is 0 Å². The summed E-state index contributed by atoms with van der Waals surface area (Å²) in [5.74, 6) is -1.08. The Labute approximate surface area is 110 Å². The molecule has 0 spiro atoms. The Morgan fingerprint density at radius 2 is 2.05 bits per heavy atom. The van der Waals surface area contributed by atoms with Crippen molar-refractivity contribution in [3.63, 3.8) is 0 Å². The second kappa shape index (κ2) is 4.64. The van der Waals surface area contributed by atoms with Gasteiger partial charge in [0.05, 0.1) is 11.6 Å². The summed E-state index contributed by atoms with van der Waals surface area (Å²) < 4.78 is 13.7. The molecule has 19 heavy (non-hydrogen) atoms. The molecule has 2 fully saturated rings. The molecule has 1 atom stereocenters. The van der Waals surface area contributed by atoms with Crippen molar-refractivity contribution in [3.05, 3.63) is 30.1 Å². The standard InChI is InChI=1S/C14H15FN2O2/c15-11-3-1-2-4-12(11)17-8-9(7-13(17)18)14(19)16-10-5-6-10/h1-4,9-10H,5-8H2,(H,16,19)/t9-/m1/s1. The Bertz CT molecular complexity index is 528. The Morgan fingerprint density at radius 1 is 1.32 bits per heavy atom. The van der Waals surface area contributed by atoms with E-state index in [1.807, 2.05) is 0 Å². The summed E-state index contributed by atoms with van der Waals surface area (Å²) >= 11 is 0. The minimum Gasteiger partial charge on any atom is -0.353 e. The maximum absolute atomic E-state index is 13.7. The molecule has 1 saturated heterocycles. The summed E-state index contributed by atoms with van der Waals surface area (Å²) in [5, 5.41) is 2.89. The van der Waals surface area contributed by atoms with Crippen molar-refractivity contribution >= 4 is 17.5 Å². The average molecular weight is 262 g/mol. The third-order valence-electron chi connectivity index (χ3n) is 3.56. The van der Waals surface area contributed by atoms with E-state index in [0.29, 0.717) is 0 Å². The molecule has 1 aromatic rings. The number of carbonyl (C=O) groups is 2. The van der Waals surface area contributed by atoms with Gasteiger partial charge in [0.1, 0.15) is 5.82 Å². The van der Waals surface area contributed by atoms with E-state index in [2.05, 4.69) is 5.32 Å². The van der Waals surface area contributed by atoms with Gasteiger partial charge in [-0.15, -0.1) is 0 Å². The molecule has 0 radical (unpaired) electrons. The van der Waals surface area contributed by atoms with Gasteiger partial charge >= 0.3 is 0 Å². The molecule has 0 bridgehead atoms. The van der Waals surface area contributed by atoms with Gasteiger partial charge in [-0.05, 0) is 25.0 Å². The van der Waals surface area contributed by atoms with Crippen molar-refractivity contribution in [1.29, 1.82) is 0 Å². The molecule has 2 amide bonds. The van der Waals surface area contributed by atoms with Crippen molar-refractivity contribution in [2.45, 2.75) is 25.3 Å². The van der Waals surface area contributed by atoms with Crippen LogP contribution in [0.2, 0.25) is 0 Å². The van der Waals surface area contributed by atoms with Gasteiger partial charge in [0, 0.05) is 19.0 Å². The van der Waals surface area contributed by atoms with E-state index in [1.165, 1.54) is 11.0 Å². The molecule has 4 nitrogen and oxygen atoms in total. The van der Waals surface area contributed by atoms with Crippen LogP contribution in [-0.4, -0.2) is 24.4 Å². The number of amides is 2. The minimum atomic E-state index is -0.431. The van der Waals surface area contributed by atoms with Crippen LogP contribution in [0.15, 0.2) is 24.3 Å². The molecule has 1 aromatic carbocycles. The molecule has 2 aliphatic rings. The van der Waals surface area contributed by atoms with Crippen LogP contribution in [0, 0.1) is 11.7 Å². The highest BCUT2D eigenvalue weighted by atomic mass is 19.1. The van der Waals surface area contributed by atoms with Gasteiger partial charge in [0.25, 0.3) is 0 Å². The van der Waals surface area contributed by atoms with Crippen LogP contribution in [0.1, 0.15) is 19.3 Å². The molecule has 0 aromatic heterocycles. The molecule has 100 valence electrons. The van der Waals surface area contributed by atoms with Gasteiger partial charge in [-0.1, -0.05) is 12.1 Å². The number of benzene rings is 1.